The van der Waals surface area contributed by atoms with Crippen LogP contribution in [0.15, 0.2) is 35.3 Å². The van der Waals surface area contributed by atoms with E-state index >= 15 is 0 Å². The average Bonchev–Trinajstić information content (AvgIpc) is 3.62. The number of pyridine rings is 2. The molecule has 0 radical (unpaired) electrons. The van der Waals surface area contributed by atoms with Crippen LogP contribution in [0.5, 0.6) is 0 Å². The summed E-state index contributed by atoms with van der Waals surface area (Å²) in [5, 5.41) is 11.7. The van der Waals surface area contributed by atoms with Gasteiger partial charge in [0.15, 0.2) is 17.3 Å². The summed E-state index contributed by atoms with van der Waals surface area (Å²) < 4.78 is 89.9. The number of carbonyl (C=O) groups excluding carboxylic acids is 1. The second-order valence-corrected chi connectivity index (χ2v) is 9.58. The zero-order chi connectivity index (χ0) is 28.2. The maximum atomic E-state index is 14.9. The molecule has 1 saturated heterocycles. The van der Waals surface area contributed by atoms with E-state index in [9.17, 15) is 41.0 Å². The molecule has 0 spiro atoms. The Bertz CT molecular complexity index is 1480. The molecule has 8 nitrogen and oxygen atoms in total. The number of aliphatic hydroxyl groups excluding tert-OH is 1. The number of halogens is 6. The van der Waals surface area contributed by atoms with Crippen molar-refractivity contribution >= 4 is 22.8 Å². The van der Waals surface area contributed by atoms with Gasteiger partial charge in [-0.25, -0.2) is 18.2 Å². The molecule has 5 rings (SSSR count). The first kappa shape index (κ1) is 26.9. The molecule has 1 amide bonds. The molecule has 208 valence electrons. The van der Waals surface area contributed by atoms with Crippen molar-refractivity contribution in [3.05, 3.63) is 63.7 Å². The second kappa shape index (κ2) is 9.83. The van der Waals surface area contributed by atoms with Gasteiger partial charge in [-0.3, -0.25) is 14.2 Å². The maximum Gasteiger partial charge on any atom is 0.408 e. The van der Waals surface area contributed by atoms with Gasteiger partial charge in [0.2, 0.25) is 5.43 Å². The van der Waals surface area contributed by atoms with Crippen molar-refractivity contribution in [2.75, 3.05) is 25.1 Å². The Hall–Kier alpha value is -3.65. The van der Waals surface area contributed by atoms with Crippen LogP contribution < -0.4 is 15.6 Å². The molecule has 0 bridgehead atoms. The number of ether oxygens (including phenoxy) is 1. The number of rotatable bonds is 6. The van der Waals surface area contributed by atoms with Crippen LogP contribution in [0.1, 0.15) is 23.2 Å². The van der Waals surface area contributed by atoms with Gasteiger partial charge in [0.25, 0.3) is 5.91 Å². The maximum absolute atomic E-state index is 14.9. The van der Waals surface area contributed by atoms with E-state index in [1.165, 1.54) is 19.2 Å². The van der Waals surface area contributed by atoms with Crippen LogP contribution in [-0.2, 0) is 4.74 Å². The molecular weight excluding hydrogens is 534 g/mol. The summed E-state index contributed by atoms with van der Waals surface area (Å²) in [5.74, 6) is -6.10. The zero-order valence-electron chi connectivity index (χ0n) is 20.3. The molecule has 3 aromatic rings. The Morgan fingerprint density at radius 2 is 1.82 bits per heavy atom. The minimum absolute atomic E-state index is 0.0843. The molecule has 1 aliphatic heterocycles. The number of fused-ring (bicyclic) bond motifs is 1. The number of carbonyl (C=O) groups is 1. The molecule has 2 N–H and O–H groups in total. The lowest BCUT2D eigenvalue weighted by atomic mass is 10.1. The summed E-state index contributed by atoms with van der Waals surface area (Å²) in [6.07, 6.45) is -5.05. The predicted octanol–water partition coefficient (Wildman–Crippen LogP) is 3.07. The average molecular weight is 556 g/mol. The first-order chi connectivity index (χ1) is 18.4. The van der Waals surface area contributed by atoms with Crippen molar-refractivity contribution in [3.63, 3.8) is 0 Å². The molecule has 2 aliphatic rings. The monoisotopic (exact) mass is 556 g/mol. The zero-order valence-corrected chi connectivity index (χ0v) is 20.3. The van der Waals surface area contributed by atoms with E-state index in [2.05, 4.69) is 4.98 Å². The molecular formula is C25H22F6N4O4. The van der Waals surface area contributed by atoms with Gasteiger partial charge >= 0.3 is 6.18 Å². The van der Waals surface area contributed by atoms with Crippen molar-refractivity contribution in [1.82, 2.24) is 14.9 Å². The minimum atomic E-state index is -4.78. The van der Waals surface area contributed by atoms with Crippen LogP contribution in [-0.4, -0.2) is 65.2 Å². The minimum Gasteiger partial charge on any atom is -0.388 e. The van der Waals surface area contributed by atoms with Gasteiger partial charge < -0.3 is 20.1 Å². The van der Waals surface area contributed by atoms with E-state index in [0.717, 1.165) is 0 Å². The highest BCUT2D eigenvalue weighted by Crippen LogP contribution is 2.40. The fourth-order valence-corrected chi connectivity index (χ4v) is 4.76. The molecule has 3 atom stereocenters. The number of methoxy groups -OCH3 is 1. The summed E-state index contributed by atoms with van der Waals surface area (Å²) in [6, 6.07) is 1.11. The van der Waals surface area contributed by atoms with Gasteiger partial charge in [0.05, 0.1) is 11.5 Å². The van der Waals surface area contributed by atoms with Crippen molar-refractivity contribution in [3.8, 4) is 5.69 Å². The third-order valence-electron chi connectivity index (χ3n) is 6.90. The molecule has 1 aromatic carbocycles. The highest BCUT2D eigenvalue weighted by Gasteiger charge is 2.50. The Labute approximate surface area is 216 Å². The fourth-order valence-electron chi connectivity index (χ4n) is 4.76. The Morgan fingerprint density at radius 1 is 1.15 bits per heavy atom. The lowest BCUT2D eigenvalue weighted by molar-refractivity contribution is -0.158. The van der Waals surface area contributed by atoms with Crippen LogP contribution in [0.25, 0.3) is 16.7 Å². The largest absolute Gasteiger partial charge is 0.408 e. The smallest absolute Gasteiger partial charge is 0.388 e. The lowest BCUT2D eigenvalue weighted by Gasteiger charge is -2.22. The third-order valence-corrected chi connectivity index (χ3v) is 6.90. The SMILES string of the molecule is CO[C@H]1CN(c2ccc3c(=O)c(C(=O)N[C@@H](C4CC4)C(F)(F)F)cn(-c4c(F)cc(F)cc4F)c3n2)C[C@@H]1O. The van der Waals surface area contributed by atoms with Crippen molar-refractivity contribution in [1.29, 1.82) is 0 Å². The number of nitrogens with zero attached hydrogens (tertiary/aromatic N) is 3. The summed E-state index contributed by atoms with van der Waals surface area (Å²) in [7, 11) is 1.40. The van der Waals surface area contributed by atoms with E-state index in [-0.39, 0.29) is 42.8 Å². The van der Waals surface area contributed by atoms with Crippen LogP contribution in [0.3, 0.4) is 0 Å². The summed E-state index contributed by atoms with van der Waals surface area (Å²) in [4.78, 5) is 32.1. The summed E-state index contributed by atoms with van der Waals surface area (Å²) >= 11 is 0. The Morgan fingerprint density at radius 3 is 2.38 bits per heavy atom. The number of aromatic nitrogens is 2. The van der Waals surface area contributed by atoms with Crippen LogP contribution in [0.4, 0.5) is 32.2 Å². The summed E-state index contributed by atoms with van der Waals surface area (Å²) in [5.41, 5.74) is -3.07. The normalized spacial score (nSPS) is 20.5. The number of alkyl halides is 3. The predicted molar refractivity (Wildman–Crippen MR) is 126 cm³/mol. The number of benzene rings is 1. The molecule has 1 saturated carbocycles. The number of β-amino-alcohol motifs (C(OH)–C–C–N with tert-alkyl or cyclic N) is 1. The van der Waals surface area contributed by atoms with Gasteiger partial charge in [0, 0.05) is 38.5 Å². The Balaban J connectivity index is 1.67. The van der Waals surface area contributed by atoms with Crippen LogP contribution >= 0.6 is 0 Å². The van der Waals surface area contributed by atoms with Crippen molar-refractivity contribution < 1.29 is 41.0 Å². The van der Waals surface area contributed by atoms with Crippen molar-refractivity contribution in [2.24, 2.45) is 5.92 Å². The van der Waals surface area contributed by atoms with Gasteiger partial charge in [0.1, 0.15) is 35.0 Å². The first-order valence-corrected chi connectivity index (χ1v) is 11.9. The second-order valence-electron chi connectivity index (χ2n) is 9.58. The van der Waals surface area contributed by atoms with E-state index < -0.39 is 70.4 Å². The number of aliphatic hydroxyl groups is 1. The number of hydrogen-bond acceptors (Lipinski definition) is 6. The fraction of sp³-hybridized carbons (Fsp3) is 0.400. The van der Waals surface area contributed by atoms with Gasteiger partial charge in [-0.2, -0.15) is 13.2 Å². The molecule has 39 heavy (non-hydrogen) atoms. The molecule has 2 fully saturated rings. The van der Waals surface area contributed by atoms with Gasteiger partial charge in [-0.1, -0.05) is 0 Å². The van der Waals surface area contributed by atoms with Gasteiger partial charge in [-0.15, -0.1) is 0 Å². The quantitative estimate of drug-likeness (QED) is 0.454. The standard InChI is InChI=1S/C25H22F6N4O4/c1-39-18-10-34(9-17(18)36)19-5-4-13-21(37)14(24(38)33-22(11-2-3-11)25(29,30)31)8-35(23(13)32-19)20-15(27)6-12(26)7-16(20)28/h4-8,11,17-18,22,36H,2-3,9-10H2,1H3,(H,33,38)/t17-,18-,22-/m0/s1. The topological polar surface area (TPSA) is 96.7 Å². The molecule has 2 aromatic heterocycles. The number of amides is 1. The molecule has 3 heterocycles. The lowest BCUT2D eigenvalue weighted by Crippen LogP contribution is -2.48. The van der Waals surface area contributed by atoms with E-state index in [4.69, 9.17) is 4.74 Å². The first-order valence-electron chi connectivity index (χ1n) is 11.9. The number of nitrogens with one attached hydrogen (secondary N) is 1. The number of anilines is 1. The molecule has 1 aliphatic carbocycles. The third kappa shape index (κ3) is 5.05. The Kier molecular flexibility index (Phi) is 6.79. The van der Waals surface area contributed by atoms with E-state index in [1.54, 1.807) is 4.90 Å². The van der Waals surface area contributed by atoms with Crippen LogP contribution in [0.2, 0.25) is 0 Å². The highest BCUT2D eigenvalue weighted by atomic mass is 19.4. The molecule has 0 unspecified atom stereocenters. The van der Waals surface area contributed by atoms with Crippen LogP contribution in [0, 0.1) is 23.4 Å². The number of hydrogen-bond donors (Lipinski definition) is 2. The summed E-state index contributed by atoms with van der Waals surface area (Å²) in [6.45, 7) is 0.279. The van der Waals surface area contributed by atoms with E-state index in [0.29, 0.717) is 22.9 Å². The molecule has 14 heteroatoms. The van der Waals surface area contributed by atoms with Gasteiger partial charge in [-0.05, 0) is 30.9 Å². The van der Waals surface area contributed by atoms with E-state index in [1.807, 2.05) is 5.32 Å². The highest BCUT2D eigenvalue weighted by molar-refractivity contribution is 5.97. The van der Waals surface area contributed by atoms with Crippen molar-refractivity contribution in [2.45, 2.75) is 37.3 Å².